The van der Waals surface area contributed by atoms with Gasteiger partial charge in [0.05, 0.1) is 24.2 Å². The second kappa shape index (κ2) is 16.6. The zero-order valence-electron chi connectivity index (χ0n) is 38.6. The number of amides is 1. The van der Waals surface area contributed by atoms with Gasteiger partial charge >= 0.3 is 11.9 Å². The van der Waals surface area contributed by atoms with Gasteiger partial charge in [-0.25, -0.2) is 9.59 Å². The molecule has 9 heteroatoms. The van der Waals surface area contributed by atoms with E-state index in [1.165, 1.54) is 4.90 Å². The Balaban J connectivity index is 2.02. The second-order valence-electron chi connectivity index (χ2n) is 21.8. The van der Waals surface area contributed by atoms with Crippen molar-refractivity contribution in [2.75, 3.05) is 26.3 Å². The standard InChI is InChI=1S/C49H71NO8/c1-44(2,3)32-23-29(24-33(38(32)51)45(4,5)6)41(54)50(19-21-57-42(55)30-25-34(46(7,8)9)39(52)35(26-30)47(10,11)12)20-22-58-43(56)31-27-36(48(13,14)15)40(53)37(28-31)49(16,17)18/h23-28,51-53H,19-22H2,1-18H3. The van der Waals surface area contributed by atoms with E-state index in [-0.39, 0.29) is 49.5 Å². The molecule has 0 fully saturated rings. The minimum Gasteiger partial charge on any atom is -0.507 e. The molecule has 0 saturated carbocycles. The Bertz CT molecular complexity index is 1810. The Hall–Kier alpha value is -4.53. The van der Waals surface area contributed by atoms with E-state index in [2.05, 4.69) is 0 Å². The number of hydrogen-bond donors (Lipinski definition) is 3. The van der Waals surface area contributed by atoms with Crippen LogP contribution in [0.4, 0.5) is 0 Å². The lowest BCUT2D eigenvalue weighted by Gasteiger charge is -2.29. The monoisotopic (exact) mass is 802 g/mol. The maximum absolute atomic E-state index is 14.5. The van der Waals surface area contributed by atoms with Crippen LogP contribution in [-0.4, -0.2) is 64.4 Å². The van der Waals surface area contributed by atoms with Gasteiger partial charge in [-0.3, -0.25) is 4.79 Å². The summed E-state index contributed by atoms with van der Waals surface area (Å²) in [5, 5.41) is 33.7. The molecule has 0 heterocycles. The average molecular weight is 802 g/mol. The maximum Gasteiger partial charge on any atom is 0.338 e. The van der Waals surface area contributed by atoms with Crippen molar-refractivity contribution in [2.24, 2.45) is 0 Å². The fraction of sp³-hybridized carbons (Fsp3) is 0.571. The van der Waals surface area contributed by atoms with Gasteiger partial charge < -0.3 is 29.7 Å². The first-order valence-electron chi connectivity index (χ1n) is 20.3. The maximum atomic E-state index is 14.5. The molecule has 0 saturated heterocycles. The molecule has 58 heavy (non-hydrogen) atoms. The van der Waals surface area contributed by atoms with Crippen molar-refractivity contribution in [2.45, 2.75) is 157 Å². The number of benzene rings is 3. The molecule has 3 rings (SSSR count). The fourth-order valence-electron chi connectivity index (χ4n) is 6.85. The van der Waals surface area contributed by atoms with E-state index in [9.17, 15) is 29.7 Å². The molecule has 0 aliphatic heterocycles. The summed E-state index contributed by atoms with van der Waals surface area (Å²) in [6.07, 6.45) is 0. The molecule has 3 aromatic rings. The van der Waals surface area contributed by atoms with Crippen molar-refractivity contribution in [1.29, 1.82) is 0 Å². The van der Waals surface area contributed by atoms with E-state index in [4.69, 9.17) is 9.47 Å². The molecule has 0 radical (unpaired) electrons. The SMILES string of the molecule is CC(C)(C)c1cc(C(=O)OCCN(CCOC(=O)c2cc(C(C)(C)C)c(O)c(C(C)(C)C)c2)C(=O)c2cc(C(C)(C)C)c(O)c(C(C)(C)C)c2)cc(C(C)(C)C)c1O. The molecule has 3 aromatic carbocycles. The van der Waals surface area contributed by atoms with E-state index in [0.717, 1.165) is 0 Å². The summed E-state index contributed by atoms with van der Waals surface area (Å²) in [5.74, 6) is -1.13. The Morgan fingerprint density at radius 3 is 0.828 bits per heavy atom. The summed E-state index contributed by atoms with van der Waals surface area (Å²) in [6.45, 7) is 35.1. The van der Waals surface area contributed by atoms with E-state index in [0.29, 0.717) is 50.1 Å². The number of esters is 2. The minimum absolute atomic E-state index is 0.0173. The number of ether oxygens (including phenoxy) is 2. The number of nitrogens with zero attached hydrogens (tertiary/aromatic N) is 1. The molecular weight excluding hydrogens is 731 g/mol. The highest BCUT2D eigenvalue weighted by molar-refractivity contribution is 5.95. The van der Waals surface area contributed by atoms with Crippen LogP contribution < -0.4 is 0 Å². The molecule has 0 atom stereocenters. The molecule has 0 unspecified atom stereocenters. The molecule has 320 valence electrons. The van der Waals surface area contributed by atoms with Crippen LogP contribution in [0.1, 0.15) is 189 Å². The number of phenols is 3. The summed E-state index contributed by atoms with van der Waals surface area (Å²) in [6, 6.07) is 10.0. The fourth-order valence-corrected chi connectivity index (χ4v) is 6.85. The first-order valence-corrected chi connectivity index (χ1v) is 20.3. The third kappa shape index (κ3) is 11.4. The summed E-state index contributed by atoms with van der Waals surface area (Å²) >= 11 is 0. The first kappa shape index (κ1) is 47.8. The van der Waals surface area contributed by atoms with Crippen molar-refractivity contribution in [1.82, 2.24) is 4.90 Å². The molecule has 3 N–H and O–H groups in total. The highest BCUT2D eigenvalue weighted by Gasteiger charge is 2.32. The second-order valence-corrected chi connectivity index (χ2v) is 21.8. The van der Waals surface area contributed by atoms with Crippen LogP contribution in [0.2, 0.25) is 0 Å². The van der Waals surface area contributed by atoms with E-state index in [1.54, 1.807) is 36.4 Å². The van der Waals surface area contributed by atoms with E-state index < -0.39 is 44.4 Å². The predicted octanol–water partition coefficient (Wildman–Crippen LogP) is 10.7. The molecule has 1 amide bonds. The molecular formula is C49H71NO8. The molecule has 0 bridgehead atoms. The van der Waals surface area contributed by atoms with Gasteiger partial charge in [-0.2, -0.15) is 0 Å². The van der Waals surface area contributed by atoms with Crippen molar-refractivity contribution >= 4 is 17.8 Å². The number of phenolic OH excluding ortho intramolecular Hbond substituents is 3. The van der Waals surface area contributed by atoms with Crippen molar-refractivity contribution in [3.63, 3.8) is 0 Å². The lowest BCUT2D eigenvalue weighted by molar-refractivity contribution is 0.0362. The highest BCUT2D eigenvalue weighted by Crippen LogP contribution is 2.42. The Kier molecular flexibility index (Phi) is 13.7. The zero-order valence-corrected chi connectivity index (χ0v) is 38.6. The summed E-state index contributed by atoms with van der Waals surface area (Å²) in [7, 11) is 0. The van der Waals surface area contributed by atoms with Crippen LogP contribution >= 0.6 is 0 Å². The van der Waals surface area contributed by atoms with Crippen molar-refractivity contribution in [3.8, 4) is 17.2 Å². The van der Waals surface area contributed by atoms with Gasteiger partial charge in [-0.15, -0.1) is 0 Å². The number of hydrogen-bond acceptors (Lipinski definition) is 8. The average Bonchev–Trinajstić information content (AvgIpc) is 3.04. The summed E-state index contributed by atoms with van der Waals surface area (Å²) in [4.78, 5) is 43.3. The topological polar surface area (TPSA) is 134 Å². The quantitative estimate of drug-likeness (QED) is 0.182. The third-order valence-corrected chi connectivity index (χ3v) is 10.4. The summed E-state index contributed by atoms with van der Waals surface area (Å²) < 4.78 is 11.6. The number of rotatable bonds is 9. The van der Waals surface area contributed by atoms with Crippen LogP contribution in [0.25, 0.3) is 0 Å². The Morgan fingerprint density at radius 2 is 0.621 bits per heavy atom. The van der Waals surface area contributed by atoms with Gasteiger partial charge in [0, 0.05) is 38.9 Å². The molecule has 0 spiro atoms. The first-order chi connectivity index (χ1) is 26.1. The predicted molar refractivity (Wildman–Crippen MR) is 233 cm³/mol. The minimum atomic E-state index is -0.596. The lowest BCUT2D eigenvalue weighted by Crippen LogP contribution is -2.38. The van der Waals surface area contributed by atoms with Gasteiger partial charge in [0.2, 0.25) is 0 Å². The lowest BCUT2D eigenvalue weighted by atomic mass is 9.78. The van der Waals surface area contributed by atoms with E-state index in [1.807, 2.05) is 125 Å². The molecule has 0 aliphatic carbocycles. The van der Waals surface area contributed by atoms with Crippen LogP contribution in [0.3, 0.4) is 0 Å². The normalized spacial score (nSPS) is 13.0. The Morgan fingerprint density at radius 1 is 0.414 bits per heavy atom. The van der Waals surface area contributed by atoms with Gasteiger partial charge in [-0.1, -0.05) is 125 Å². The van der Waals surface area contributed by atoms with E-state index >= 15 is 0 Å². The zero-order chi connectivity index (χ0) is 44.7. The molecule has 9 nitrogen and oxygen atoms in total. The largest absolute Gasteiger partial charge is 0.507 e. The van der Waals surface area contributed by atoms with Crippen LogP contribution in [0.5, 0.6) is 17.2 Å². The van der Waals surface area contributed by atoms with Crippen molar-refractivity contribution in [3.05, 3.63) is 86.5 Å². The Labute approximate surface area is 348 Å². The molecule has 0 aromatic heterocycles. The number of carbonyl (C=O) groups is 3. The van der Waals surface area contributed by atoms with Gasteiger partial charge in [0.25, 0.3) is 5.91 Å². The number of aromatic hydroxyl groups is 3. The smallest absolute Gasteiger partial charge is 0.338 e. The van der Waals surface area contributed by atoms with Crippen LogP contribution in [0, 0.1) is 0 Å². The third-order valence-electron chi connectivity index (χ3n) is 10.4. The van der Waals surface area contributed by atoms with Gasteiger partial charge in [0.1, 0.15) is 30.5 Å². The highest BCUT2D eigenvalue weighted by atomic mass is 16.5. The van der Waals surface area contributed by atoms with Crippen LogP contribution in [0.15, 0.2) is 36.4 Å². The van der Waals surface area contributed by atoms with Crippen LogP contribution in [-0.2, 0) is 42.0 Å². The summed E-state index contributed by atoms with van der Waals surface area (Å²) in [5.41, 5.74) is 1.89. The molecule has 0 aliphatic rings. The van der Waals surface area contributed by atoms with Crippen molar-refractivity contribution < 1.29 is 39.2 Å². The number of carbonyl (C=O) groups excluding carboxylic acids is 3. The van der Waals surface area contributed by atoms with Gasteiger partial charge in [-0.05, 0) is 68.9 Å². The van der Waals surface area contributed by atoms with Gasteiger partial charge in [0.15, 0.2) is 0 Å².